The van der Waals surface area contributed by atoms with Gasteiger partial charge in [0.1, 0.15) is 16.7 Å². The number of hydrogen-bond donors (Lipinski definition) is 1. The number of rotatable bonds is 3. The fourth-order valence-corrected chi connectivity index (χ4v) is 4.65. The first-order chi connectivity index (χ1) is 12.6. The molecular formula is C21H25N3O2S. The smallest absolute Gasteiger partial charge is 0.263 e. The molecule has 2 heterocycles. The lowest BCUT2D eigenvalue weighted by Crippen LogP contribution is -2.34. The molecular weight excluding hydrogens is 358 g/mol. The summed E-state index contributed by atoms with van der Waals surface area (Å²) in [7, 11) is 0. The number of nitrogens with zero attached hydrogens (tertiary/aromatic N) is 2. The Morgan fingerprint density at radius 1 is 1.11 bits per heavy atom. The molecule has 0 radical (unpaired) electrons. The molecule has 27 heavy (non-hydrogen) atoms. The Morgan fingerprint density at radius 2 is 1.70 bits per heavy atom. The quantitative estimate of drug-likeness (QED) is 0.724. The minimum absolute atomic E-state index is 0.153. The number of thiophene rings is 1. The first-order valence-corrected chi connectivity index (χ1v) is 9.81. The molecule has 3 rings (SSSR count). The number of benzene rings is 1. The number of nitrogens with one attached hydrogen (secondary N) is 1. The van der Waals surface area contributed by atoms with Crippen molar-refractivity contribution >= 4 is 33.1 Å². The molecule has 1 N–H and O–H groups in total. The minimum atomic E-state index is -0.658. The van der Waals surface area contributed by atoms with Gasteiger partial charge in [-0.3, -0.25) is 14.2 Å². The monoisotopic (exact) mass is 383 g/mol. The molecule has 1 aromatic carbocycles. The molecule has 0 bridgehead atoms. The van der Waals surface area contributed by atoms with Crippen molar-refractivity contribution < 1.29 is 4.79 Å². The summed E-state index contributed by atoms with van der Waals surface area (Å²) >= 11 is 1.52. The maximum Gasteiger partial charge on any atom is 0.263 e. The highest BCUT2D eigenvalue weighted by atomic mass is 32.1. The van der Waals surface area contributed by atoms with Crippen LogP contribution in [0.4, 0.5) is 5.69 Å². The Morgan fingerprint density at radius 3 is 2.30 bits per heavy atom. The van der Waals surface area contributed by atoms with Gasteiger partial charge in [-0.2, -0.15) is 0 Å². The zero-order chi connectivity index (χ0) is 20.0. The van der Waals surface area contributed by atoms with Gasteiger partial charge in [-0.05, 0) is 65.2 Å². The van der Waals surface area contributed by atoms with Gasteiger partial charge in [0.15, 0.2) is 0 Å². The second-order valence-corrected chi connectivity index (χ2v) is 8.44. The van der Waals surface area contributed by atoms with Crippen LogP contribution in [0.3, 0.4) is 0 Å². The van der Waals surface area contributed by atoms with Gasteiger partial charge in [0.05, 0.1) is 5.39 Å². The highest BCUT2D eigenvalue weighted by Gasteiger charge is 2.23. The van der Waals surface area contributed by atoms with Crippen LogP contribution in [0.25, 0.3) is 10.2 Å². The van der Waals surface area contributed by atoms with Crippen LogP contribution in [0.5, 0.6) is 0 Å². The molecule has 6 heteroatoms. The Hall–Kier alpha value is -2.47. The standard InChI is InChI=1S/C21H25N3O2S/c1-10-8-11(2)18(12(3)9-10)23-19(25)14(5)24-16(7)22-20-17(21(24)26)13(4)15(6)27-20/h8-9,14H,1-7H3,(H,23,25). The maximum atomic E-state index is 13.1. The first kappa shape index (κ1) is 19.3. The number of amides is 1. The summed E-state index contributed by atoms with van der Waals surface area (Å²) in [5.41, 5.74) is 4.77. The van der Waals surface area contributed by atoms with Crippen LogP contribution in [-0.4, -0.2) is 15.5 Å². The first-order valence-electron chi connectivity index (χ1n) is 8.99. The molecule has 2 aromatic heterocycles. The molecule has 0 saturated heterocycles. The molecule has 0 saturated carbocycles. The van der Waals surface area contributed by atoms with E-state index in [-0.39, 0.29) is 11.5 Å². The third-order valence-electron chi connectivity index (χ3n) is 5.10. The molecule has 1 unspecified atom stereocenters. The van der Waals surface area contributed by atoms with Gasteiger partial charge in [0.2, 0.25) is 5.91 Å². The number of carbonyl (C=O) groups is 1. The van der Waals surface area contributed by atoms with Crippen LogP contribution >= 0.6 is 11.3 Å². The lowest BCUT2D eigenvalue weighted by atomic mass is 10.0. The van der Waals surface area contributed by atoms with Crippen molar-refractivity contribution in [3.05, 3.63) is 55.4 Å². The van der Waals surface area contributed by atoms with E-state index in [4.69, 9.17) is 0 Å². The van der Waals surface area contributed by atoms with Crippen LogP contribution in [0.1, 0.15) is 45.9 Å². The van der Waals surface area contributed by atoms with Gasteiger partial charge >= 0.3 is 0 Å². The Labute approximate surface area is 163 Å². The number of anilines is 1. The maximum absolute atomic E-state index is 13.1. The zero-order valence-corrected chi connectivity index (χ0v) is 17.7. The fourth-order valence-electron chi connectivity index (χ4n) is 3.59. The van der Waals surface area contributed by atoms with E-state index in [9.17, 15) is 9.59 Å². The number of aryl methyl sites for hydroxylation is 6. The molecule has 3 aromatic rings. The second-order valence-electron chi connectivity index (χ2n) is 7.24. The normalized spacial score (nSPS) is 12.4. The number of fused-ring (bicyclic) bond motifs is 1. The highest BCUT2D eigenvalue weighted by Crippen LogP contribution is 2.27. The van der Waals surface area contributed by atoms with Crippen LogP contribution in [-0.2, 0) is 4.79 Å². The summed E-state index contributed by atoms with van der Waals surface area (Å²) in [6, 6.07) is 3.42. The van der Waals surface area contributed by atoms with Crippen molar-refractivity contribution in [2.75, 3.05) is 5.32 Å². The summed E-state index contributed by atoms with van der Waals surface area (Å²) in [6.07, 6.45) is 0. The molecule has 1 atom stereocenters. The van der Waals surface area contributed by atoms with Gasteiger partial charge in [-0.1, -0.05) is 17.7 Å². The third kappa shape index (κ3) is 3.30. The zero-order valence-electron chi connectivity index (χ0n) is 16.9. The van der Waals surface area contributed by atoms with Gasteiger partial charge in [-0.25, -0.2) is 4.98 Å². The predicted octanol–water partition coefficient (Wildman–Crippen LogP) is 4.51. The predicted molar refractivity (Wildman–Crippen MR) is 112 cm³/mol. The lowest BCUT2D eigenvalue weighted by molar-refractivity contribution is -0.118. The van der Waals surface area contributed by atoms with E-state index in [1.54, 1.807) is 13.8 Å². The Kier molecular flexibility index (Phi) is 4.95. The molecule has 0 aliphatic carbocycles. The summed E-state index contributed by atoms with van der Waals surface area (Å²) in [6.45, 7) is 13.4. The average Bonchev–Trinajstić information content (AvgIpc) is 2.84. The summed E-state index contributed by atoms with van der Waals surface area (Å²) in [4.78, 5) is 32.4. The molecule has 0 fully saturated rings. The summed E-state index contributed by atoms with van der Waals surface area (Å²) < 4.78 is 1.50. The molecule has 0 aliphatic rings. The van der Waals surface area contributed by atoms with Crippen molar-refractivity contribution in [2.24, 2.45) is 0 Å². The van der Waals surface area contributed by atoms with E-state index in [2.05, 4.69) is 10.3 Å². The summed E-state index contributed by atoms with van der Waals surface area (Å²) in [5.74, 6) is 0.328. The number of aromatic nitrogens is 2. The highest BCUT2D eigenvalue weighted by molar-refractivity contribution is 7.18. The average molecular weight is 384 g/mol. The minimum Gasteiger partial charge on any atom is -0.324 e. The van der Waals surface area contributed by atoms with Gasteiger partial charge in [0, 0.05) is 10.6 Å². The van der Waals surface area contributed by atoms with E-state index in [1.165, 1.54) is 15.9 Å². The SMILES string of the molecule is Cc1cc(C)c(NC(=O)C(C)n2c(C)nc3sc(C)c(C)c3c2=O)c(C)c1. The van der Waals surface area contributed by atoms with Crippen molar-refractivity contribution in [3.63, 3.8) is 0 Å². The van der Waals surface area contributed by atoms with Gasteiger partial charge in [0.25, 0.3) is 5.56 Å². The molecule has 142 valence electrons. The molecule has 1 amide bonds. The topological polar surface area (TPSA) is 64.0 Å². The van der Waals surface area contributed by atoms with Crippen LogP contribution in [0, 0.1) is 41.5 Å². The van der Waals surface area contributed by atoms with E-state index in [1.807, 2.05) is 46.8 Å². The van der Waals surface area contributed by atoms with Crippen LogP contribution in [0.2, 0.25) is 0 Å². The summed E-state index contributed by atoms with van der Waals surface area (Å²) in [5, 5.41) is 3.62. The van der Waals surface area contributed by atoms with Gasteiger partial charge in [-0.15, -0.1) is 11.3 Å². The van der Waals surface area contributed by atoms with Gasteiger partial charge < -0.3 is 5.32 Å². The molecule has 5 nitrogen and oxygen atoms in total. The van der Waals surface area contributed by atoms with Crippen molar-refractivity contribution in [1.82, 2.24) is 9.55 Å². The number of hydrogen-bond acceptors (Lipinski definition) is 4. The Bertz CT molecular complexity index is 1100. The second kappa shape index (κ2) is 6.93. The van der Waals surface area contributed by atoms with Crippen molar-refractivity contribution in [3.8, 4) is 0 Å². The lowest BCUT2D eigenvalue weighted by Gasteiger charge is -2.19. The Balaban J connectivity index is 2.03. The van der Waals surface area contributed by atoms with E-state index >= 15 is 0 Å². The van der Waals surface area contributed by atoms with E-state index in [0.29, 0.717) is 11.2 Å². The largest absolute Gasteiger partial charge is 0.324 e. The van der Waals surface area contributed by atoms with E-state index in [0.717, 1.165) is 37.6 Å². The van der Waals surface area contributed by atoms with Crippen molar-refractivity contribution in [1.29, 1.82) is 0 Å². The molecule has 0 spiro atoms. The number of carbonyl (C=O) groups excluding carboxylic acids is 1. The molecule has 0 aliphatic heterocycles. The third-order valence-corrected chi connectivity index (χ3v) is 6.20. The van der Waals surface area contributed by atoms with E-state index < -0.39 is 6.04 Å². The van der Waals surface area contributed by atoms with Crippen LogP contribution < -0.4 is 10.9 Å². The van der Waals surface area contributed by atoms with Crippen LogP contribution in [0.15, 0.2) is 16.9 Å². The van der Waals surface area contributed by atoms with Crippen molar-refractivity contribution in [2.45, 2.75) is 54.5 Å². The fraction of sp³-hybridized carbons (Fsp3) is 0.381.